The van der Waals surface area contributed by atoms with Crippen molar-refractivity contribution in [2.45, 2.75) is 53.6 Å². The molecule has 1 aromatic carbocycles. The van der Waals surface area contributed by atoms with Crippen molar-refractivity contribution in [3.63, 3.8) is 0 Å². The van der Waals surface area contributed by atoms with Crippen molar-refractivity contribution in [3.05, 3.63) is 72.1 Å². The zero-order valence-corrected chi connectivity index (χ0v) is 19.9. The summed E-state index contributed by atoms with van der Waals surface area (Å²) in [5.74, 6) is 1.13. The van der Waals surface area contributed by atoms with Gasteiger partial charge >= 0.3 is 0 Å². The minimum atomic E-state index is 0.00389. The molecule has 5 rings (SSSR count). The lowest BCUT2D eigenvalue weighted by Crippen LogP contribution is -2.02. The molecule has 0 unspecified atom stereocenters. The number of aliphatic hydroxyl groups excluding tert-OH is 1. The predicted molar refractivity (Wildman–Crippen MR) is 137 cm³/mol. The van der Waals surface area contributed by atoms with Gasteiger partial charge in [-0.15, -0.1) is 0 Å². The molecule has 0 atom stereocenters. The van der Waals surface area contributed by atoms with Gasteiger partial charge in [0.1, 0.15) is 11.3 Å². The van der Waals surface area contributed by atoms with Gasteiger partial charge in [0.25, 0.3) is 0 Å². The fourth-order valence-electron chi connectivity index (χ4n) is 3.82. The molecule has 0 saturated carbocycles. The van der Waals surface area contributed by atoms with Gasteiger partial charge in [-0.25, -0.2) is 15.0 Å². The maximum Gasteiger partial charge on any atom is 0.165 e. The molecule has 0 fully saturated rings. The van der Waals surface area contributed by atoms with Gasteiger partial charge in [0.2, 0.25) is 0 Å². The van der Waals surface area contributed by atoms with E-state index in [1.807, 2.05) is 80.8 Å². The molecule has 1 aliphatic carbocycles. The van der Waals surface area contributed by atoms with Crippen LogP contribution in [0.4, 0.5) is 5.82 Å². The minimum absolute atomic E-state index is 0.00389. The van der Waals surface area contributed by atoms with Crippen molar-refractivity contribution in [1.82, 2.24) is 19.5 Å². The Balaban J connectivity index is 0.000000728. The van der Waals surface area contributed by atoms with Crippen LogP contribution in [0.1, 0.15) is 58.2 Å². The lowest BCUT2D eigenvalue weighted by atomic mass is 10.1. The fraction of sp³-hybridized carbons (Fsp3) is 0.296. The molecular weight excluding hydrogens is 410 g/mol. The van der Waals surface area contributed by atoms with E-state index in [0.717, 1.165) is 46.5 Å². The SMILES string of the molecule is CC.CC.Nc1ncccc1-c1nc2ccc(C3=CCCC3)nc2n1-c1ccc(CO)cc1. The number of imidazole rings is 1. The Morgan fingerprint density at radius 1 is 0.970 bits per heavy atom. The zero-order chi connectivity index (χ0) is 23.8. The topological polar surface area (TPSA) is 89.9 Å². The van der Waals surface area contributed by atoms with Crippen molar-refractivity contribution in [1.29, 1.82) is 0 Å². The molecule has 172 valence electrons. The summed E-state index contributed by atoms with van der Waals surface area (Å²) in [5, 5.41) is 9.39. The third-order valence-corrected chi connectivity index (χ3v) is 5.33. The van der Waals surface area contributed by atoms with Gasteiger partial charge < -0.3 is 10.8 Å². The second kappa shape index (κ2) is 11.4. The second-order valence-corrected chi connectivity index (χ2v) is 7.19. The van der Waals surface area contributed by atoms with Crippen molar-refractivity contribution in [3.8, 4) is 17.1 Å². The van der Waals surface area contributed by atoms with E-state index in [1.165, 1.54) is 12.0 Å². The molecule has 0 aliphatic heterocycles. The Bertz CT molecular complexity index is 1230. The van der Waals surface area contributed by atoms with Crippen LogP contribution in [-0.2, 0) is 6.61 Å². The van der Waals surface area contributed by atoms with Crippen LogP contribution in [0, 0.1) is 0 Å². The van der Waals surface area contributed by atoms with Crippen LogP contribution in [0.2, 0.25) is 0 Å². The number of hydrogen-bond acceptors (Lipinski definition) is 5. The number of pyridine rings is 2. The van der Waals surface area contributed by atoms with Crippen LogP contribution in [0.15, 0.2) is 60.8 Å². The predicted octanol–water partition coefficient (Wildman–Crippen LogP) is 6.18. The molecular formula is C27H33N5O. The normalized spacial score (nSPS) is 12.5. The average Bonchev–Trinajstić information content (AvgIpc) is 3.55. The average molecular weight is 444 g/mol. The van der Waals surface area contributed by atoms with E-state index >= 15 is 0 Å². The Labute approximate surface area is 195 Å². The summed E-state index contributed by atoms with van der Waals surface area (Å²) < 4.78 is 2.02. The molecule has 0 radical (unpaired) electrons. The van der Waals surface area contributed by atoms with Crippen LogP contribution in [0.3, 0.4) is 0 Å². The minimum Gasteiger partial charge on any atom is -0.392 e. The summed E-state index contributed by atoms with van der Waals surface area (Å²) in [6, 6.07) is 15.6. The Morgan fingerprint density at radius 2 is 1.73 bits per heavy atom. The highest BCUT2D eigenvalue weighted by atomic mass is 16.3. The number of nitrogens with zero attached hydrogens (tertiary/aromatic N) is 4. The highest BCUT2D eigenvalue weighted by Crippen LogP contribution is 2.32. The van der Waals surface area contributed by atoms with E-state index in [-0.39, 0.29) is 6.61 Å². The second-order valence-electron chi connectivity index (χ2n) is 7.19. The molecule has 6 heteroatoms. The Kier molecular flexibility index (Phi) is 8.33. The number of nitrogens with two attached hydrogens (primary N) is 1. The summed E-state index contributed by atoms with van der Waals surface area (Å²) in [7, 11) is 0. The molecule has 1 aliphatic rings. The fourth-order valence-corrected chi connectivity index (χ4v) is 3.82. The zero-order valence-electron chi connectivity index (χ0n) is 19.9. The summed E-state index contributed by atoms with van der Waals surface area (Å²) in [5.41, 5.74) is 12.6. The number of aliphatic hydroxyl groups is 1. The van der Waals surface area contributed by atoms with Crippen LogP contribution in [-0.4, -0.2) is 24.6 Å². The number of allylic oxidation sites excluding steroid dienone is 2. The molecule has 0 saturated heterocycles. The molecule has 0 spiro atoms. The number of rotatable bonds is 4. The maximum absolute atomic E-state index is 9.39. The van der Waals surface area contributed by atoms with Gasteiger partial charge in [-0.05, 0) is 66.8 Å². The highest BCUT2D eigenvalue weighted by Gasteiger charge is 2.19. The molecule has 33 heavy (non-hydrogen) atoms. The van der Waals surface area contributed by atoms with Gasteiger partial charge in [-0.1, -0.05) is 45.9 Å². The van der Waals surface area contributed by atoms with E-state index in [4.69, 9.17) is 15.7 Å². The highest BCUT2D eigenvalue weighted by molar-refractivity contribution is 5.84. The first-order valence-electron chi connectivity index (χ1n) is 11.7. The third-order valence-electron chi connectivity index (χ3n) is 5.33. The van der Waals surface area contributed by atoms with Crippen LogP contribution in [0.25, 0.3) is 33.8 Å². The van der Waals surface area contributed by atoms with Gasteiger partial charge in [0.15, 0.2) is 11.5 Å². The van der Waals surface area contributed by atoms with Crippen LogP contribution in [0.5, 0.6) is 0 Å². The maximum atomic E-state index is 9.39. The first-order valence-corrected chi connectivity index (χ1v) is 11.7. The van der Waals surface area contributed by atoms with Crippen molar-refractivity contribution >= 4 is 22.6 Å². The summed E-state index contributed by atoms with van der Waals surface area (Å²) in [6.07, 6.45) is 7.28. The van der Waals surface area contributed by atoms with E-state index in [0.29, 0.717) is 11.6 Å². The number of nitrogen functional groups attached to an aromatic ring is 1. The van der Waals surface area contributed by atoms with Gasteiger partial charge in [-0.3, -0.25) is 4.57 Å². The quantitative estimate of drug-likeness (QED) is 0.393. The van der Waals surface area contributed by atoms with Gasteiger partial charge in [-0.2, -0.15) is 0 Å². The van der Waals surface area contributed by atoms with Crippen LogP contribution < -0.4 is 5.73 Å². The molecule has 0 amide bonds. The number of benzene rings is 1. The summed E-state index contributed by atoms with van der Waals surface area (Å²) in [4.78, 5) is 14.0. The molecule has 4 aromatic rings. The smallest absolute Gasteiger partial charge is 0.165 e. The van der Waals surface area contributed by atoms with Crippen LogP contribution >= 0.6 is 0 Å². The summed E-state index contributed by atoms with van der Waals surface area (Å²) in [6.45, 7) is 8.00. The number of hydrogen-bond donors (Lipinski definition) is 2. The monoisotopic (exact) mass is 443 g/mol. The lowest BCUT2D eigenvalue weighted by Gasteiger charge is -2.11. The number of anilines is 1. The lowest BCUT2D eigenvalue weighted by molar-refractivity contribution is 0.282. The largest absolute Gasteiger partial charge is 0.392 e. The Morgan fingerprint density at radius 3 is 2.36 bits per heavy atom. The molecule has 6 nitrogen and oxygen atoms in total. The molecule has 3 aromatic heterocycles. The van der Waals surface area contributed by atoms with E-state index in [2.05, 4.69) is 11.1 Å². The molecule has 3 heterocycles. The Hall–Kier alpha value is -3.51. The summed E-state index contributed by atoms with van der Waals surface area (Å²) >= 11 is 0. The van der Waals surface area contributed by atoms with Gasteiger partial charge in [0, 0.05) is 11.9 Å². The van der Waals surface area contributed by atoms with Gasteiger partial charge in [0.05, 0.1) is 17.9 Å². The first kappa shape index (κ1) is 24.1. The first-order chi connectivity index (χ1) is 16.2. The van der Waals surface area contributed by atoms with Crippen molar-refractivity contribution in [2.24, 2.45) is 0 Å². The van der Waals surface area contributed by atoms with E-state index < -0.39 is 0 Å². The van der Waals surface area contributed by atoms with E-state index in [1.54, 1.807) is 6.20 Å². The standard InChI is InChI=1S/C23H21N5O.2C2H6/c24-21-18(6-3-13-25-21)22-27-20-12-11-19(16-4-1-2-5-16)26-23(20)28(22)17-9-7-15(14-29)8-10-17;2*1-2/h3-4,6-13,29H,1-2,5,14H2,(H2,24,25);2*1-2H3. The molecule has 0 bridgehead atoms. The third kappa shape index (κ3) is 4.96. The van der Waals surface area contributed by atoms with Crippen molar-refractivity contribution in [2.75, 3.05) is 5.73 Å². The van der Waals surface area contributed by atoms with Crippen molar-refractivity contribution < 1.29 is 5.11 Å². The van der Waals surface area contributed by atoms with E-state index in [9.17, 15) is 5.11 Å². The number of aromatic nitrogens is 4. The number of fused-ring (bicyclic) bond motifs is 1. The molecule has 3 N–H and O–H groups in total.